The molecule has 34 heavy (non-hydrogen) atoms. The van der Waals surface area contributed by atoms with Crippen LogP contribution in [0, 0.1) is 10.8 Å². The summed E-state index contributed by atoms with van der Waals surface area (Å²) in [7, 11) is 0. The maximum Gasteiger partial charge on any atom is 0.309 e. The van der Waals surface area contributed by atoms with Crippen molar-refractivity contribution in [2.45, 2.75) is 113 Å². The molecular formula is C26H42O6S2. The highest BCUT2D eigenvalue weighted by Gasteiger charge is 2.34. The first-order valence-electron chi connectivity index (χ1n) is 12.5. The molecule has 0 spiro atoms. The average Bonchev–Trinajstić information content (AvgIpc) is 3.28. The number of hydrogen-bond donors (Lipinski definition) is 2. The van der Waals surface area contributed by atoms with E-state index in [-0.39, 0.29) is 32.7 Å². The molecule has 0 aromatic carbocycles. The molecule has 0 amide bonds. The summed E-state index contributed by atoms with van der Waals surface area (Å²) in [5, 5.41) is 18.2. The summed E-state index contributed by atoms with van der Waals surface area (Å²) < 4.78 is 0. The Morgan fingerprint density at radius 2 is 1.65 bits per heavy atom. The number of carbonyl (C=O) groups is 3. The molecule has 2 rings (SSSR count). The van der Waals surface area contributed by atoms with Crippen LogP contribution in [0.15, 0.2) is 12.2 Å². The molecule has 0 aromatic heterocycles. The molecule has 0 bridgehead atoms. The fraction of sp³-hybridized carbons (Fsp3) is 0.808. The Balaban J connectivity index is 1.68. The van der Waals surface area contributed by atoms with Gasteiger partial charge in [-0.1, -0.05) is 51.7 Å². The third-order valence-corrected chi connectivity index (χ3v) is 9.87. The number of hydrogen-bond acceptors (Lipinski definition) is 7. The van der Waals surface area contributed by atoms with E-state index in [1.807, 2.05) is 6.08 Å². The lowest BCUT2D eigenvalue weighted by atomic mass is 9.87. The molecule has 4 atom stereocenters. The number of rotatable bonds is 15. The minimum Gasteiger partial charge on any atom is -0.481 e. The van der Waals surface area contributed by atoms with Gasteiger partial charge in [-0.05, 0) is 44.9 Å². The number of Topliss-reactive ketones (excluding diaryl/α,β-unsaturated/α-hetero) is 2. The zero-order valence-electron chi connectivity index (χ0n) is 21.1. The van der Waals surface area contributed by atoms with Crippen LogP contribution in [0.1, 0.15) is 91.9 Å². The third-order valence-electron chi connectivity index (χ3n) is 6.87. The Morgan fingerprint density at radius 3 is 2.32 bits per heavy atom. The van der Waals surface area contributed by atoms with Crippen molar-refractivity contribution in [3.63, 3.8) is 0 Å². The molecule has 2 heterocycles. The van der Waals surface area contributed by atoms with Crippen LogP contribution >= 0.6 is 23.5 Å². The van der Waals surface area contributed by atoms with Crippen LogP contribution in [-0.4, -0.2) is 55.5 Å². The van der Waals surface area contributed by atoms with Gasteiger partial charge in [-0.15, -0.1) is 23.5 Å². The van der Waals surface area contributed by atoms with Crippen LogP contribution in [0.2, 0.25) is 0 Å². The zero-order chi connectivity index (χ0) is 25.4. The molecule has 2 fully saturated rings. The summed E-state index contributed by atoms with van der Waals surface area (Å²) in [6, 6.07) is 0. The SMILES string of the molecule is CC(C)(CCCCC1CC(=O)C(C=CC2CC(=O)C(CCCCC(C)(C)C(=O)O)S2)S1)COO. The van der Waals surface area contributed by atoms with Crippen molar-refractivity contribution in [1.82, 2.24) is 0 Å². The van der Waals surface area contributed by atoms with E-state index < -0.39 is 11.4 Å². The van der Waals surface area contributed by atoms with Gasteiger partial charge in [0, 0.05) is 23.3 Å². The summed E-state index contributed by atoms with van der Waals surface area (Å²) >= 11 is 3.44. The molecule has 0 radical (unpaired) electrons. The summed E-state index contributed by atoms with van der Waals surface area (Å²) in [6.45, 7) is 7.98. The predicted molar refractivity (Wildman–Crippen MR) is 139 cm³/mol. The number of thioether (sulfide) groups is 2. The van der Waals surface area contributed by atoms with Gasteiger partial charge < -0.3 is 5.11 Å². The maximum atomic E-state index is 12.5. The Bertz CT molecular complexity index is 733. The molecule has 0 saturated carbocycles. The topological polar surface area (TPSA) is 101 Å². The molecule has 6 nitrogen and oxygen atoms in total. The molecule has 2 aliphatic rings. The minimum absolute atomic E-state index is 0.0113. The standard InChI is InChI=1S/C26H42O6S2/c1-25(2,17-32-31)13-7-5-9-18-15-21(28)23(33-18)12-11-19-16-20(27)22(34-19)10-6-8-14-26(3,4)24(29)30/h11-12,18-19,22-23,31H,5-10,13-17H2,1-4H3,(H,29,30). The Hall–Kier alpha value is -0.830. The highest BCUT2D eigenvalue weighted by atomic mass is 32.2. The number of carboxylic acid groups (broad SMARTS) is 1. The molecule has 2 aliphatic heterocycles. The first kappa shape index (κ1) is 29.4. The summed E-state index contributed by atoms with van der Waals surface area (Å²) in [5.41, 5.74) is -0.755. The normalized spacial score (nSPS) is 26.1. The molecular weight excluding hydrogens is 472 g/mol. The van der Waals surface area contributed by atoms with Crippen LogP contribution in [0.25, 0.3) is 0 Å². The fourth-order valence-corrected chi connectivity index (χ4v) is 7.27. The molecule has 0 aliphatic carbocycles. The lowest BCUT2D eigenvalue weighted by molar-refractivity contribution is -0.260. The van der Waals surface area contributed by atoms with Crippen molar-refractivity contribution in [1.29, 1.82) is 0 Å². The Labute approximate surface area is 213 Å². The van der Waals surface area contributed by atoms with Gasteiger partial charge in [0.15, 0.2) is 5.78 Å². The summed E-state index contributed by atoms with van der Waals surface area (Å²) in [5.74, 6) is -0.218. The molecule has 2 N–H and O–H groups in total. The zero-order valence-corrected chi connectivity index (χ0v) is 22.7. The van der Waals surface area contributed by atoms with Crippen LogP contribution < -0.4 is 0 Å². The highest BCUT2D eigenvalue weighted by Crippen LogP contribution is 2.38. The smallest absolute Gasteiger partial charge is 0.309 e. The van der Waals surface area contributed by atoms with Gasteiger partial charge in [0.25, 0.3) is 0 Å². The number of carboxylic acids is 1. The van der Waals surface area contributed by atoms with Crippen molar-refractivity contribution in [3.8, 4) is 0 Å². The van der Waals surface area contributed by atoms with E-state index in [0.29, 0.717) is 31.1 Å². The molecule has 0 aromatic rings. The maximum absolute atomic E-state index is 12.5. The monoisotopic (exact) mass is 514 g/mol. The van der Waals surface area contributed by atoms with E-state index in [1.54, 1.807) is 37.4 Å². The van der Waals surface area contributed by atoms with E-state index in [1.165, 1.54) is 0 Å². The fourth-order valence-electron chi connectivity index (χ4n) is 4.45. The van der Waals surface area contributed by atoms with E-state index in [4.69, 9.17) is 5.26 Å². The molecule has 2 saturated heterocycles. The van der Waals surface area contributed by atoms with Gasteiger partial charge in [0.1, 0.15) is 5.78 Å². The third kappa shape index (κ3) is 9.67. The van der Waals surface area contributed by atoms with Gasteiger partial charge in [-0.2, -0.15) is 0 Å². The van der Waals surface area contributed by atoms with Crippen LogP contribution in [0.4, 0.5) is 0 Å². The number of aliphatic carboxylic acids is 1. The summed E-state index contributed by atoms with van der Waals surface area (Å²) in [6.07, 6.45) is 12.4. The number of ketones is 2. The molecule has 8 heteroatoms. The van der Waals surface area contributed by atoms with Crippen molar-refractivity contribution in [2.24, 2.45) is 10.8 Å². The van der Waals surface area contributed by atoms with E-state index in [2.05, 4.69) is 24.8 Å². The van der Waals surface area contributed by atoms with Gasteiger partial charge in [0.2, 0.25) is 0 Å². The first-order chi connectivity index (χ1) is 15.9. The number of unbranched alkanes of at least 4 members (excludes halogenated alkanes) is 2. The van der Waals surface area contributed by atoms with Gasteiger partial charge in [-0.25, -0.2) is 4.89 Å². The largest absolute Gasteiger partial charge is 0.481 e. The second-order valence-electron chi connectivity index (χ2n) is 11.2. The van der Waals surface area contributed by atoms with Crippen molar-refractivity contribution in [2.75, 3.05) is 6.61 Å². The Kier molecular flexibility index (Phi) is 11.6. The predicted octanol–water partition coefficient (Wildman–Crippen LogP) is 6.18. The second-order valence-corrected chi connectivity index (χ2v) is 14.1. The van der Waals surface area contributed by atoms with Crippen molar-refractivity contribution >= 4 is 41.1 Å². The van der Waals surface area contributed by atoms with Crippen LogP contribution in [0.3, 0.4) is 0 Å². The van der Waals surface area contributed by atoms with Crippen molar-refractivity contribution < 1.29 is 29.6 Å². The molecule has 4 unspecified atom stereocenters. The summed E-state index contributed by atoms with van der Waals surface area (Å²) in [4.78, 5) is 40.4. The van der Waals surface area contributed by atoms with Gasteiger partial charge >= 0.3 is 5.97 Å². The quantitative estimate of drug-likeness (QED) is 0.116. The lowest BCUT2D eigenvalue weighted by Gasteiger charge is -2.22. The number of carbonyl (C=O) groups excluding carboxylic acids is 2. The Morgan fingerprint density at radius 1 is 0.971 bits per heavy atom. The molecule has 194 valence electrons. The lowest BCUT2D eigenvalue weighted by Crippen LogP contribution is -2.23. The van der Waals surface area contributed by atoms with E-state index in [9.17, 15) is 19.5 Å². The second kappa shape index (κ2) is 13.5. The van der Waals surface area contributed by atoms with Crippen LogP contribution in [-0.2, 0) is 19.3 Å². The van der Waals surface area contributed by atoms with E-state index in [0.717, 1.165) is 44.9 Å². The highest BCUT2D eigenvalue weighted by molar-refractivity contribution is 8.02. The van der Waals surface area contributed by atoms with Crippen molar-refractivity contribution in [3.05, 3.63) is 12.2 Å². The van der Waals surface area contributed by atoms with Gasteiger partial charge in [-0.3, -0.25) is 19.6 Å². The van der Waals surface area contributed by atoms with Crippen LogP contribution in [0.5, 0.6) is 0 Å². The first-order valence-corrected chi connectivity index (χ1v) is 14.4. The van der Waals surface area contributed by atoms with Gasteiger partial charge in [0.05, 0.1) is 22.5 Å². The average molecular weight is 515 g/mol. The minimum atomic E-state index is -0.775. The van der Waals surface area contributed by atoms with E-state index >= 15 is 0 Å².